The van der Waals surface area contributed by atoms with Crippen LogP contribution in [0.3, 0.4) is 0 Å². The highest BCUT2D eigenvalue weighted by molar-refractivity contribution is 9.10. The van der Waals surface area contributed by atoms with E-state index in [1.807, 2.05) is 18.2 Å². The third kappa shape index (κ3) is 2.08. The van der Waals surface area contributed by atoms with Crippen molar-refractivity contribution in [1.29, 1.82) is 0 Å². The van der Waals surface area contributed by atoms with Crippen molar-refractivity contribution in [2.75, 3.05) is 4.90 Å². The van der Waals surface area contributed by atoms with Gasteiger partial charge in [-0.15, -0.1) is 0 Å². The Labute approximate surface area is 151 Å². The Morgan fingerprint density at radius 3 is 2.50 bits per heavy atom. The molecular formula is C18H10BrClN2O2. The van der Waals surface area contributed by atoms with Crippen LogP contribution in [0.15, 0.2) is 46.9 Å². The number of aryl methyl sites for hydroxylation is 1. The molecule has 0 bridgehead atoms. The highest BCUT2D eigenvalue weighted by Gasteiger charge is 2.40. The van der Waals surface area contributed by atoms with Gasteiger partial charge in [-0.1, -0.05) is 39.7 Å². The molecule has 3 aromatic rings. The van der Waals surface area contributed by atoms with Gasteiger partial charge in [0.2, 0.25) is 0 Å². The highest BCUT2D eigenvalue weighted by Crippen LogP contribution is 2.37. The number of para-hydroxylation sites is 1. The average Bonchev–Trinajstić information content (AvgIpc) is 2.81. The fourth-order valence-corrected chi connectivity index (χ4v) is 3.59. The summed E-state index contributed by atoms with van der Waals surface area (Å²) in [7, 11) is 0. The molecule has 1 aliphatic rings. The van der Waals surface area contributed by atoms with Gasteiger partial charge in [0.25, 0.3) is 11.8 Å². The molecule has 6 heteroatoms. The van der Waals surface area contributed by atoms with E-state index in [1.54, 1.807) is 31.2 Å². The first kappa shape index (κ1) is 15.3. The van der Waals surface area contributed by atoms with Gasteiger partial charge in [-0.3, -0.25) is 14.6 Å². The molecule has 0 saturated heterocycles. The van der Waals surface area contributed by atoms with Gasteiger partial charge < -0.3 is 0 Å². The van der Waals surface area contributed by atoms with Crippen LogP contribution in [0.25, 0.3) is 10.9 Å². The number of nitrogens with zero attached hydrogens (tertiary/aromatic N) is 2. The monoisotopic (exact) mass is 400 g/mol. The highest BCUT2D eigenvalue weighted by atomic mass is 79.9. The van der Waals surface area contributed by atoms with Crippen LogP contribution in [0.2, 0.25) is 5.02 Å². The number of rotatable bonds is 1. The van der Waals surface area contributed by atoms with Gasteiger partial charge >= 0.3 is 0 Å². The number of aromatic nitrogens is 1. The Hall–Kier alpha value is -2.24. The van der Waals surface area contributed by atoms with Crippen LogP contribution in [0, 0.1) is 6.92 Å². The first-order valence-electron chi connectivity index (χ1n) is 7.22. The molecule has 0 fully saturated rings. The predicted octanol–water partition coefficient (Wildman–Crippen LogP) is 4.76. The maximum Gasteiger partial charge on any atom is 0.268 e. The topological polar surface area (TPSA) is 50.3 Å². The zero-order valence-corrected chi connectivity index (χ0v) is 14.9. The lowest BCUT2D eigenvalue weighted by Crippen LogP contribution is -2.29. The maximum atomic E-state index is 13.0. The molecule has 0 radical (unpaired) electrons. The van der Waals surface area contributed by atoms with E-state index in [1.165, 1.54) is 0 Å². The fourth-order valence-electron chi connectivity index (χ4n) is 3.01. The molecule has 0 atom stereocenters. The quantitative estimate of drug-likeness (QED) is 0.552. The Kier molecular flexibility index (Phi) is 3.44. The number of halogens is 2. The van der Waals surface area contributed by atoms with Gasteiger partial charge in [0.15, 0.2) is 0 Å². The number of fused-ring (bicyclic) bond motifs is 3. The van der Waals surface area contributed by atoms with Crippen LogP contribution < -0.4 is 4.90 Å². The first-order valence-corrected chi connectivity index (χ1v) is 8.39. The van der Waals surface area contributed by atoms with Crippen molar-refractivity contribution in [1.82, 2.24) is 4.98 Å². The molecule has 118 valence electrons. The number of benzene rings is 2. The first-order chi connectivity index (χ1) is 11.5. The number of carbonyl (C=O) groups excluding carboxylic acids is 2. The molecule has 1 aromatic heterocycles. The summed E-state index contributed by atoms with van der Waals surface area (Å²) in [5.41, 5.74) is 2.31. The molecular weight excluding hydrogens is 392 g/mol. The molecule has 4 nitrogen and oxygen atoms in total. The third-order valence-electron chi connectivity index (χ3n) is 4.06. The van der Waals surface area contributed by atoms with Crippen molar-refractivity contribution in [2.45, 2.75) is 6.92 Å². The van der Waals surface area contributed by atoms with Gasteiger partial charge in [0.05, 0.1) is 33.0 Å². The number of amides is 2. The van der Waals surface area contributed by atoms with E-state index < -0.39 is 5.91 Å². The second-order valence-electron chi connectivity index (χ2n) is 5.51. The summed E-state index contributed by atoms with van der Waals surface area (Å²) in [5.74, 6) is -0.772. The van der Waals surface area contributed by atoms with Crippen molar-refractivity contribution in [2.24, 2.45) is 0 Å². The van der Waals surface area contributed by atoms with Gasteiger partial charge in [0.1, 0.15) is 0 Å². The molecule has 0 spiro atoms. The van der Waals surface area contributed by atoms with E-state index in [9.17, 15) is 9.59 Å². The van der Waals surface area contributed by atoms with E-state index in [-0.39, 0.29) is 5.91 Å². The fraction of sp³-hybridized carbons (Fsp3) is 0.0556. The second kappa shape index (κ2) is 5.40. The molecule has 0 saturated carbocycles. The SMILES string of the molecule is Cc1nc2ccc(Br)cc2c2c1C(=O)N(c1ccccc1Cl)C2=O. The van der Waals surface area contributed by atoms with E-state index in [4.69, 9.17) is 11.6 Å². The van der Waals surface area contributed by atoms with Crippen LogP contribution in [0.5, 0.6) is 0 Å². The number of hydrogen-bond acceptors (Lipinski definition) is 3. The summed E-state index contributed by atoms with van der Waals surface area (Å²) >= 11 is 9.60. The smallest absolute Gasteiger partial charge is 0.268 e. The summed E-state index contributed by atoms with van der Waals surface area (Å²) in [6, 6.07) is 12.3. The Morgan fingerprint density at radius 2 is 1.75 bits per heavy atom. The van der Waals surface area contributed by atoms with E-state index >= 15 is 0 Å². The van der Waals surface area contributed by atoms with Gasteiger partial charge in [-0.05, 0) is 37.3 Å². The van der Waals surface area contributed by atoms with Crippen LogP contribution in [0.4, 0.5) is 5.69 Å². The predicted molar refractivity (Wildman–Crippen MR) is 96.8 cm³/mol. The van der Waals surface area contributed by atoms with Crippen LogP contribution in [0.1, 0.15) is 26.4 Å². The van der Waals surface area contributed by atoms with Gasteiger partial charge in [0, 0.05) is 9.86 Å². The Bertz CT molecular complexity index is 1050. The van der Waals surface area contributed by atoms with Crippen LogP contribution in [-0.4, -0.2) is 16.8 Å². The molecule has 2 amide bonds. The van der Waals surface area contributed by atoms with Gasteiger partial charge in [-0.25, -0.2) is 4.90 Å². The van der Waals surface area contributed by atoms with E-state index in [0.29, 0.717) is 38.4 Å². The van der Waals surface area contributed by atoms with Crippen molar-refractivity contribution >= 4 is 55.9 Å². The maximum absolute atomic E-state index is 13.0. The van der Waals surface area contributed by atoms with Crippen molar-refractivity contribution in [3.63, 3.8) is 0 Å². The number of pyridine rings is 1. The summed E-state index contributed by atoms with van der Waals surface area (Å²) in [5, 5.41) is 1.00. The largest absolute Gasteiger partial charge is 0.268 e. The van der Waals surface area contributed by atoms with Crippen LogP contribution >= 0.6 is 27.5 Å². The molecule has 2 heterocycles. The van der Waals surface area contributed by atoms with E-state index in [0.717, 1.165) is 9.37 Å². The summed E-state index contributed by atoms with van der Waals surface area (Å²) in [6.07, 6.45) is 0. The number of carbonyl (C=O) groups is 2. The Balaban J connectivity index is 2.03. The molecule has 0 N–H and O–H groups in total. The summed E-state index contributed by atoms with van der Waals surface area (Å²) in [4.78, 5) is 31.5. The van der Waals surface area contributed by atoms with E-state index in [2.05, 4.69) is 20.9 Å². The number of imide groups is 1. The van der Waals surface area contributed by atoms with Gasteiger partial charge in [-0.2, -0.15) is 0 Å². The zero-order chi connectivity index (χ0) is 17.0. The number of anilines is 1. The van der Waals surface area contributed by atoms with Crippen LogP contribution in [-0.2, 0) is 0 Å². The minimum Gasteiger partial charge on any atom is -0.268 e. The molecule has 0 aliphatic carbocycles. The molecule has 1 aliphatic heterocycles. The molecule has 2 aromatic carbocycles. The summed E-state index contributed by atoms with van der Waals surface area (Å²) < 4.78 is 0.819. The molecule has 24 heavy (non-hydrogen) atoms. The summed E-state index contributed by atoms with van der Waals surface area (Å²) in [6.45, 7) is 1.74. The number of hydrogen-bond donors (Lipinski definition) is 0. The molecule has 4 rings (SSSR count). The lowest BCUT2D eigenvalue weighted by Gasteiger charge is -2.15. The third-order valence-corrected chi connectivity index (χ3v) is 4.87. The van der Waals surface area contributed by atoms with Crippen molar-refractivity contribution in [3.05, 3.63) is 68.8 Å². The second-order valence-corrected chi connectivity index (χ2v) is 6.83. The van der Waals surface area contributed by atoms with Crippen molar-refractivity contribution < 1.29 is 9.59 Å². The normalized spacial score (nSPS) is 13.7. The molecule has 0 unspecified atom stereocenters. The zero-order valence-electron chi connectivity index (χ0n) is 12.5. The lowest BCUT2D eigenvalue weighted by atomic mass is 10.0. The standard InChI is InChI=1S/C18H10BrClN2O2/c1-9-15-16(11-8-10(19)6-7-13(11)21-9)18(24)22(17(15)23)14-5-3-2-4-12(14)20/h2-8H,1H3. The minimum absolute atomic E-state index is 0.338. The lowest BCUT2D eigenvalue weighted by molar-refractivity contribution is 0.0926. The van der Waals surface area contributed by atoms with Crippen molar-refractivity contribution in [3.8, 4) is 0 Å². The Morgan fingerprint density at radius 1 is 1.04 bits per heavy atom. The minimum atomic E-state index is -0.394. The average molecular weight is 402 g/mol.